The molecule has 0 saturated carbocycles. The first kappa shape index (κ1) is 16.7. The molecule has 1 heterocycles. The van der Waals surface area contributed by atoms with E-state index in [0.29, 0.717) is 23.4 Å². The first-order valence-corrected chi connectivity index (χ1v) is 7.21. The number of rotatable bonds is 4. The van der Waals surface area contributed by atoms with Crippen molar-refractivity contribution in [3.05, 3.63) is 29.8 Å². The zero-order valence-corrected chi connectivity index (χ0v) is 13.3. The molecule has 1 aromatic carbocycles. The van der Waals surface area contributed by atoms with E-state index in [1.807, 2.05) is 0 Å². The highest BCUT2D eigenvalue weighted by molar-refractivity contribution is 6.43. The van der Waals surface area contributed by atoms with Crippen molar-refractivity contribution in [3.8, 4) is 0 Å². The largest absolute Gasteiger partial charge is 0.481 e. The molecule has 0 aliphatic carbocycles. The third kappa shape index (κ3) is 3.56. The average molecular weight is 317 g/mol. The number of hydrogen-bond acceptors (Lipinski definition) is 4. The van der Waals surface area contributed by atoms with Gasteiger partial charge in [-0.1, -0.05) is 12.1 Å². The second-order valence-corrected chi connectivity index (χ2v) is 5.93. The summed E-state index contributed by atoms with van der Waals surface area (Å²) in [6.45, 7) is 3.24. The molecule has 2 rings (SSSR count). The highest BCUT2D eigenvalue weighted by Crippen LogP contribution is 2.24. The van der Waals surface area contributed by atoms with E-state index in [-0.39, 0.29) is 18.2 Å². The van der Waals surface area contributed by atoms with Gasteiger partial charge in [-0.2, -0.15) is 5.10 Å². The molecule has 1 aromatic rings. The molecule has 23 heavy (non-hydrogen) atoms. The summed E-state index contributed by atoms with van der Waals surface area (Å²) in [6, 6.07) is 6.64. The van der Waals surface area contributed by atoms with Crippen LogP contribution >= 0.6 is 0 Å². The zero-order chi connectivity index (χ0) is 17.2. The van der Waals surface area contributed by atoms with E-state index in [2.05, 4.69) is 10.4 Å². The number of benzene rings is 1. The molecule has 0 radical (unpaired) electrons. The predicted molar refractivity (Wildman–Crippen MR) is 85.2 cm³/mol. The van der Waals surface area contributed by atoms with Crippen LogP contribution in [0.1, 0.15) is 32.3 Å². The molecular weight excluding hydrogens is 298 g/mol. The van der Waals surface area contributed by atoms with Crippen molar-refractivity contribution < 1.29 is 19.5 Å². The number of carboxylic acids is 1. The number of carbonyl (C=O) groups excluding carboxylic acids is 2. The van der Waals surface area contributed by atoms with Crippen LogP contribution in [0.4, 0.5) is 5.69 Å². The Labute approximate surface area is 134 Å². The summed E-state index contributed by atoms with van der Waals surface area (Å²) in [5.74, 6) is -1.41. The lowest BCUT2D eigenvalue weighted by Gasteiger charge is -2.20. The van der Waals surface area contributed by atoms with Crippen molar-refractivity contribution in [3.63, 3.8) is 0 Å². The molecule has 0 atom stereocenters. The van der Waals surface area contributed by atoms with E-state index in [1.165, 1.54) is 7.05 Å². The van der Waals surface area contributed by atoms with Gasteiger partial charge < -0.3 is 10.4 Å². The first-order chi connectivity index (χ1) is 10.7. The van der Waals surface area contributed by atoms with Gasteiger partial charge in [-0.25, -0.2) is 5.01 Å². The average Bonchev–Trinajstić information content (AvgIpc) is 2.50. The number of hydrogen-bond donors (Lipinski definition) is 2. The Bertz CT molecular complexity index is 677. The summed E-state index contributed by atoms with van der Waals surface area (Å²) in [5, 5.41) is 17.0. The van der Waals surface area contributed by atoms with Gasteiger partial charge in [0, 0.05) is 25.6 Å². The lowest BCUT2D eigenvalue weighted by molar-refractivity contribution is -0.142. The second-order valence-electron chi connectivity index (χ2n) is 5.93. The van der Waals surface area contributed by atoms with Gasteiger partial charge in [-0.3, -0.25) is 14.4 Å². The van der Waals surface area contributed by atoms with Crippen LogP contribution in [0.25, 0.3) is 0 Å². The number of nitrogens with one attached hydrogen (secondary N) is 1. The van der Waals surface area contributed by atoms with Gasteiger partial charge >= 0.3 is 5.97 Å². The number of carbonyl (C=O) groups is 3. The summed E-state index contributed by atoms with van der Waals surface area (Å²) >= 11 is 0. The van der Waals surface area contributed by atoms with Crippen molar-refractivity contribution in [1.29, 1.82) is 0 Å². The van der Waals surface area contributed by atoms with Gasteiger partial charge in [-0.15, -0.1) is 0 Å². The Kier molecular flexibility index (Phi) is 4.49. The maximum Gasteiger partial charge on any atom is 0.313 e. The van der Waals surface area contributed by atoms with Crippen LogP contribution in [0.5, 0.6) is 0 Å². The van der Waals surface area contributed by atoms with Crippen LogP contribution in [0.2, 0.25) is 0 Å². The molecule has 0 fully saturated rings. The van der Waals surface area contributed by atoms with E-state index in [4.69, 9.17) is 0 Å². The molecule has 7 heteroatoms. The Balaban J connectivity index is 2.10. The van der Waals surface area contributed by atoms with Crippen LogP contribution in [-0.2, 0) is 19.8 Å². The maximum absolute atomic E-state index is 12.1. The smallest absolute Gasteiger partial charge is 0.313 e. The van der Waals surface area contributed by atoms with E-state index < -0.39 is 11.4 Å². The highest BCUT2D eigenvalue weighted by atomic mass is 16.4. The fourth-order valence-electron chi connectivity index (χ4n) is 2.13. The van der Waals surface area contributed by atoms with Gasteiger partial charge in [0.1, 0.15) is 5.71 Å². The van der Waals surface area contributed by atoms with Gasteiger partial charge in [0.2, 0.25) is 5.91 Å². The van der Waals surface area contributed by atoms with Crippen LogP contribution in [-0.4, -0.2) is 40.7 Å². The fourth-order valence-corrected chi connectivity index (χ4v) is 2.13. The molecule has 1 aliphatic heterocycles. The van der Waals surface area contributed by atoms with E-state index in [1.54, 1.807) is 38.1 Å². The number of nitrogens with zero attached hydrogens (tertiary/aromatic N) is 2. The molecule has 0 bridgehead atoms. The Hall–Kier alpha value is -2.70. The molecule has 0 aromatic heterocycles. The summed E-state index contributed by atoms with van der Waals surface area (Å²) < 4.78 is 0. The van der Waals surface area contributed by atoms with E-state index >= 15 is 0 Å². The molecule has 0 spiro atoms. The van der Waals surface area contributed by atoms with Crippen LogP contribution < -0.4 is 5.32 Å². The number of amides is 2. The molecular formula is C16H19N3O4. The minimum Gasteiger partial charge on any atom is -0.481 e. The zero-order valence-electron chi connectivity index (χ0n) is 13.3. The van der Waals surface area contributed by atoms with E-state index in [9.17, 15) is 19.5 Å². The first-order valence-electron chi connectivity index (χ1n) is 7.21. The lowest BCUT2D eigenvalue weighted by atomic mass is 9.85. The summed E-state index contributed by atoms with van der Waals surface area (Å²) in [4.78, 5) is 34.7. The number of carboxylic acid groups (broad SMARTS) is 1. The van der Waals surface area contributed by atoms with Crippen LogP contribution in [0.3, 0.4) is 0 Å². The highest BCUT2D eigenvalue weighted by Gasteiger charge is 2.29. The summed E-state index contributed by atoms with van der Waals surface area (Å²) in [5.41, 5.74) is 0.478. The van der Waals surface area contributed by atoms with Gasteiger partial charge in [0.15, 0.2) is 0 Å². The lowest BCUT2D eigenvalue weighted by Crippen LogP contribution is -2.34. The van der Waals surface area contributed by atoms with E-state index in [0.717, 1.165) is 5.01 Å². The van der Waals surface area contributed by atoms with Crippen molar-refractivity contribution in [2.75, 3.05) is 12.4 Å². The van der Waals surface area contributed by atoms with Gasteiger partial charge in [0.25, 0.3) is 5.91 Å². The van der Waals surface area contributed by atoms with Gasteiger partial charge in [-0.05, 0) is 31.5 Å². The molecule has 2 N–H and O–H groups in total. The van der Waals surface area contributed by atoms with Crippen molar-refractivity contribution in [1.82, 2.24) is 5.01 Å². The third-order valence-corrected chi connectivity index (χ3v) is 3.87. The van der Waals surface area contributed by atoms with Gasteiger partial charge in [0.05, 0.1) is 5.41 Å². The van der Waals surface area contributed by atoms with Crippen molar-refractivity contribution in [2.45, 2.75) is 32.1 Å². The Morgan fingerprint density at radius 2 is 1.83 bits per heavy atom. The van der Waals surface area contributed by atoms with Crippen LogP contribution in [0.15, 0.2) is 29.4 Å². The van der Waals surface area contributed by atoms with Crippen LogP contribution in [0, 0.1) is 0 Å². The fraction of sp³-hybridized carbons (Fsp3) is 0.375. The van der Waals surface area contributed by atoms with Crippen molar-refractivity contribution >= 4 is 29.2 Å². The topological polar surface area (TPSA) is 99.1 Å². The monoisotopic (exact) mass is 317 g/mol. The minimum atomic E-state index is -1.00. The molecule has 1 aliphatic rings. The molecule has 122 valence electrons. The second kappa shape index (κ2) is 6.20. The number of hydrazone groups is 1. The summed E-state index contributed by atoms with van der Waals surface area (Å²) in [7, 11) is 1.51. The quantitative estimate of drug-likeness (QED) is 0.881. The normalized spacial score (nSPS) is 15.2. The molecule has 0 saturated heterocycles. The summed E-state index contributed by atoms with van der Waals surface area (Å²) in [6.07, 6.45) is 0.563. The third-order valence-electron chi connectivity index (χ3n) is 3.87. The minimum absolute atomic E-state index is 0.123. The Morgan fingerprint density at radius 3 is 2.35 bits per heavy atom. The Morgan fingerprint density at radius 1 is 1.22 bits per heavy atom. The predicted octanol–water partition coefficient (Wildman–Crippen LogP) is 1.60. The maximum atomic E-state index is 12.1. The number of aliphatic carboxylic acids is 1. The standard InChI is InChI=1S/C16H19N3O4/c1-16(2,15(22)23)10-4-6-11(7-5-10)17-14(21)12-8-9-13(20)19(3)18-12/h4-7H,8-9H2,1-3H3,(H,17,21)(H,22,23). The molecule has 7 nitrogen and oxygen atoms in total. The molecule has 0 unspecified atom stereocenters. The molecule has 2 amide bonds. The SMILES string of the molecule is CN1N=C(C(=O)Nc2ccc(C(C)(C)C(=O)O)cc2)CCC1=O. The van der Waals surface area contributed by atoms with Crippen molar-refractivity contribution in [2.24, 2.45) is 5.10 Å². The number of anilines is 1.